The Balaban J connectivity index is 1.48. The van der Waals surface area contributed by atoms with Crippen molar-refractivity contribution in [3.63, 3.8) is 0 Å². The van der Waals surface area contributed by atoms with Gasteiger partial charge in [-0.2, -0.15) is 0 Å². The summed E-state index contributed by atoms with van der Waals surface area (Å²) < 4.78 is 5.50. The first-order valence-corrected chi connectivity index (χ1v) is 10.7. The van der Waals surface area contributed by atoms with Crippen LogP contribution in [0.15, 0.2) is 91.4 Å². The van der Waals surface area contributed by atoms with Crippen LogP contribution in [0, 0.1) is 0 Å². The summed E-state index contributed by atoms with van der Waals surface area (Å²) in [4.78, 5) is 31.7. The minimum absolute atomic E-state index is 0.00469. The van der Waals surface area contributed by atoms with Crippen molar-refractivity contribution in [2.75, 3.05) is 5.32 Å². The fourth-order valence-electron chi connectivity index (χ4n) is 3.55. The van der Waals surface area contributed by atoms with Crippen molar-refractivity contribution in [1.29, 1.82) is 0 Å². The van der Waals surface area contributed by atoms with Crippen molar-refractivity contribution in [1.82, 2.24) is 9.97 Å². The molecule has 1 heterocycles. The summed E-state index contributed by atoms with van der Waals surface area (Å²) in [6.07, 6.45) is 1.95. The third-order valence-corrected chi connectivity index (χ3v) is 5.30. The Morgan fingerprint density at radius 1 is 0.912 bits per heavy atom. The number of amides is 1. The summed E-state index contributed by atoms with van der Waals surface area (Å²) in [6, 6.07) is 24.6. The molecule has 0 aliphatic carbocycles. The van der Waals surface area contributed by atoms with Crippen LogP contribution in [0.3, 0.4) is 0 Å². The second-order valence-electron chi connectivity index (χ2n) is 7.71. The molecule has 34 heavy (non-hydrogen) atoms. The average Bonchev–Trinajstić information content (AvgIpc) is 2.85. The van der Waals surface area contributed by atoms with Crippen LogP contribution in [0.5, 0.6) is 0 Å². The molecule has 1 unspecified atom stereocenters. The number of carboxylic acid groups (broad SMARTS) is 1. The summed E-state index contributed by atoms with van der Waals surface area (Å²) in [5.41, 5.74) is 5.42. The van der Waals surface area contributed by atoms with Crippen LogP contribution in [0.2, 0.25) is 0 Å². The molecule has 2 N–H and O–H groups in total. The third kappa shape index (κ3) is 5.63. The maximum absolute atomic E-state index is 12.5. The van der Waals surface area contributed by atoms with Crippen molar-refractivity contribution < 1.29 is 19.4 Å². The van der Waals surface area contributed by atoms with Gasteiger partial charge < -0.3 is 9.84 Å². The van der Waals surface area contributed by atoms with E-state index >= 15 is 0 Å². The number of carboxylic acids is 1. The molecular formula is C27H23N3O4. The van der Waals surface area contributed by atoms with Crippen molar-refractivity contribution >= 4 is 17.7 Å². The summed E-state index contributed by atoms with van der Waals surface area (Å²) in [7, 11) is 0. The van der Waals surface area contributed by atoms with Gasteiger partial charge in [-0.1, -0.05) is 78.9 Å². The zero-order valence-corrected chi connectivity index (χ0v) is 18.5. The number of nitrogens with one attached hydrogen (secondary N) is 1. The fourth-order valence-corrected chi connectivity index (χ4v) is 3.55. The molecule has 1 atom stereocenters. The van der Waals surface area contributed by atoms with Gasteiger partial charge >= 0.3 is 12.1 Å². The average molecular weight is 453 g/mol. The molecule has 0 saturated carbocycles. The number of ether oxygens (including phenoxy) is 1. The SMILES string of the molecule is CC(OC(=O)Nc1cncnc1-c1ccc(-c2ccc(CC(=O)O)cc2)cc1)c1ccccc1. The van der Waals surface area contributed by atoms with Gasteiger partial charge in [0.25, 0.3) is 0 Å². The number of benzene rings is 3. The van der Waals surface area contributed by atoms with Gasteiger partial charge in [-0.3, -0.25) is 10.1 Å². The monoisotopic (exact) mass is 453 g/mol. The normalized spacial score (nSPS) is 11.4. The molecule has 7 nitrogen and oxygen atoms in total. The molecule has 4 aromatic rings. The molecule has 1 aromatic heterocycles. The highest BCUT2D eigenvalue weighted by Gasteiger charge is 2.15. The Bertz CT molecular complexity index is 1270. The first-order chi connectivity index (χ1) is 16.5. The van der Waals surface area contributed by atoms with Gasteiger partial charge in [-0.25, -0.2) is 14.8 Å². The number of rotatable bonds is 7. The Morgan fingerprint density at radius 2 is 1.53 bits per heavy atom. The predicted molar refractivity (Wildman–Crippen MR) is 129 cm³/mol. The topological polar surface area (TPSA) is 101 Å². The number of anilines is 1. The van der Waals surface area contributed by atoms with Crippen LogP contribution in [-0.4, -0.2) is 27.1 Å². The van der Waals surface area contributed by atoms with Gasteiger partial charge in [0, 0.05) is 5.56 Å². The van der Waals surface area contributed by atoms with Gasteiger partial charge in [0.05, 0.1) is 24.0 Å². The Hall–Kier alpha value is -4.52. The van der Waals surface area contributed by atoms with Crippen molar-refractivity contribution in [3.8, 4) is 22.4 Å². The predicted octanol–water partition coefficient (Wildman–Crippen LogP) is 5.75. The fraction of sp³-hybridized carbons (Fsp3) is 0.111. The summed E-state index contributed by atoms with van der Waals surface area (Å²) in [5, 5.41) is 11.7. The first kappa shape index (κ1) is 22.7. The number of carbonyl (C=O) groups excluding carboxylic acids is 1. The second-order valence-corrected chi connectivity index (χ2v) is 7.71. The molecule has 0 radical (unpaired) electrons. The van der Waals surface area contributed by atoms with Crippen molar-refractivity contribution in [2.45, 2.75) is 19.4 Å². The van der Waals surface area contributed by atoms with E-state index in [0.717, 1.165) is 27.8 Å². The number of nitrogens with zero attached hydrogens (tertiary/aromatic N) is 2. The van der Waals surface area contributed by atoms with E-state index < -0.39 is 18.2 Å². The Labute approximate surface area is 197 Å². The molecule has 3 aromatic carbocycles. The van der Waals surface area contributed by atoms with Crippen molar-refractivity contribution in [3.05, 3.63) is 103 Å². The number of aliphatic carboxylic acids is 1. The molecule has 4 rings (SSSR count). The lowest BCUT2D eigenvalue weighted by Gasteiger charge is -2.15. The van der Waals surface area contributed by atoms with E-state index in [1.165, 1.54) is 12.5 Å². The molecule has 0 aliphatic rings. The maximum atomic E-state index is 12.5. The van der Waals surface area contributed by atoms with Gasteiger partial charge in [0.1, 0.15) is 12.4 Å². The van der Waals surface area contributed by atoms with Crippen LogP contribution in [-0.2, 0) is 16.0 Å². The lowest BCUT2D eigenvalue weighted by molar-refractivity contribution is -0.136. The van der Waals surface area contributed by atoms with Gasteiger partial charge in [-0.15, -0.1) is 0 Å². The van der Waals surface area contributed by atoms with E-state index in [9.17, 15) is 9.59 Å². The Kier molecular flexibility index (Phi) is 6.93. The molecule has 0 fully saturated rings. The Morgan fingerprint density at radius 3 is 2.18 bits per heavy atom. The van der Waals surface area contributed by atoms with E-state index in [-0.39, 0.29) is 6.42 Å². The summed E-state index contributed by atoms with van der Waals surface area (Å²) >= 11 is 0. The number of hydrogen-bond acceptors (Lipinski definition) is 5. The molecule has 0 aliphatic heterocycles. The van der Waals surface area contributed by atoms with Crippen LogP contribution in [0.1, 0.15) is 24.2 Å². The second kappa shape index (κ2) is 10.4. The molecule has 170 valence electrons. The smallest absolute Gasteiger partial charge is 0.412 e. The van der Waals surface area contributed by atoms with Crippen molar-refractivity contribution in [2.24, 2.45) is 0 Å². The minimum Gasteiger partial charge on any atom is -0.481 e. The standard InChI is InChI=1S/C27H23N3O4/c1-18(20-5-3-2-4-6-20)34-27(33)30-24-16-28-17-29-26(24)23-13-11-22(12-14-23)21-9-7-19(8-10-21)15-25(31)32/h2-14,16-18H,15H2,1H3,(H,30,33)(H,31,32). The number of carbonyl (C=O) groups is 2. The maximum Gasteiger partial charge on any atom is 0.412 e. The van der Waals surface area contributed by atoms with Gasteiger partial charge in [0.2, 0.25) is 0 Å². The minimum atomic E-state index is -0.857. The summed E-state index contributed by atoms with van der Waals surface area (Å²) in [5.74, 6) is -0.857. The first-order valence-electron chi connectivity index (χ1n) is 10.7. The quantitative estimate of drug-likeness (QED) is 0.370. The van der Waals surface area contributed by atoms with Gasteiger partial charge in [0.15, 0.2) is 0 Å². The largest absolute Gasteiger partial charge is 0.481 e. The lowest BCUT2D eigenvalue weighted by atomic mass is 10.0. The summed E-state index contributed by atoms with van der Waals surface area (Å²) in [6.45, 7) is 1.81. The van der Waals surface area contributed by atoms with E-state index in [1.807, 2.05) is 85.8 Å². The van der Waals surface area contributed by atoms with Crippen LogP contribution in [0.4, 0.5) is 10.5 Å². The highest BCUT2D eigenvalue weighted by Crippen LogP contribution is 2.28. The molecule has 0 saturated heterocycles. The number of hydrogen-bond donors (Lipinski definition) is 2. The highest BCUT2D eigenvalue weighted by molar-refractivity contribution is 5.90. The van der Waals surface area contributed by atoms with Crippen LogP contribution >= 0.6 is 0 Å². The molecule has 1 amide bonds. The molecule has 7 heteroatoms. The van der Waals surface area contributed by atoms with Crippen LogP contribution in [0.25, 0.3) is 22.4 Å². The van der Waals surface area contributed by atoms with E-state index in [4.69, 9.17) is 9.84 Å². The highest BCUT2D eigenvalue weighted by atomic mass is 16.6. The molecule has 0 bridgehead atoms. The zero-order valence-electron chi connectivity index (χ0n) is 18.5. The molecule has 0 spiro atoms. The van der Waals surface area contributed by atoms with E-state index in [2.05, 4.69) is 15.3 Å². The lowest BCUT2D eigenvalue weighted by Crippen LogP contribution is -2.17. The van der Waals surface area contributed by atoms with E-state index in [0.29, 0.717) is 11.4 Å². The van der Waals surface area contributed by atoms with Gasteiger partial charge in [-0.05, 0) is 29.2 Å². The zero-order chi connectivity index (χ0) is 23.9. The third-order valence-electron chi connectivity index (χ3n) is 5.30. The van der Waals surface area contributed by atoms with Crippen LogP contribution < -0.4 is 5.32 Å². The van der Waals surface area contributed by atoms with E-state index in [1.54, 1.807) is 0 Å². The molecular weight excluding hydrogens is 430 g/mol. The number of aromatic nitrogens is 2.